The van der Waals surface area contributed by atoms with E-state index >= 15 is 0 Å². The second-order valence-electron chi connectivity index (χ2n) is 4.92. The Kier molecular flexibility index (Phi) is 3.70. The van der Waals surface area contributed by atoms with Crippen molar-refractivity contribution in [2.45, 2.75) is 26.2 Å². The minimum Gasteiger partial charge on any atom is -0.481 e. The van der Waals surface area contributed by atoms with Crippen LogP contribution < -0.4 is 4.90 Å². The molecule has 1 aliphatic rings. The van der Waals surface area contributed by atoms with Gasteiger partial charge in [-0.05, 0) is 31.4 Å². The van der Waals surface area contributed by atoms with Gasteiger partial charge in [0, 0.05) is 13.1 Å². The lowest BCUT2D eigenvalue weighted by atomic mass is 9.76. The Hall–Kier alpha value is -2.09. The Balaban J connectivity index is 2.11. The van der Waals surface area contributed by atoms with Crippen LogP contribution in [0.4, 0.5) is 5.82 Å². The van der Waals surface area contributed by atoms with Crippen molar-refractivity contribution in [1.82, 2.24) is 4.98 Å². The quantitative estimate of drug-likeness (QED) is 0.898. The number of carboxylic acids is 1. The van der Waals surface area contributed by atoms with Crippen LogP contribution in [0, 0.1) is 16.7 Å². The molecule has 1 aromatic rings. The molecule has 1 fully saturated rings. The van der Waals surface area contributed by atoms with Gasteiger partial charge in [0.15, 0.2) is 0 Å². The molecule has 1 aromatic heterocycles. The number of piperidine rings is 1. The molecule has 5 nitrogen and oxygen atoms in total. The molecule has 0 aliphatic carbocycles. The molecule has 0 spiro atoms. The summed E-state index contributed by atoms with van der Waals surface area (Å²) in [7, 11) is 0. The first-order chi connectivity index (χ1) is 9.11. The van der Waals surface area contributed by atoms with Crippen LogP contribution in [0.3, 0.4) is 0 Å². The van der Waals surface area contributed by atoms with Crippen LogP contribution in [0.5, 0.6) is 0 Å². The predicted molar refractivity (Wildman–Crippen MR) is 70.8 cm³/mol. The van der Waals surface area contributed by atoms with Gasteiger partial charge in [0.05, 0.1) is 5.41 Å². The van der Waals surface area contributed by atoms with Gasteiger partial charge in [-0.3, -0.25) is 4.79 Å². The number of anilines is 1. The molecular weight excluding hydrogens is 242 g/mol. The molecule has 0 bridgehead atoms. The summed E-state index contributed by atoms with van der Waals surface area (Å²) in [6.45, 7) is 3.27. The van der Waals surface area contributed by atoms with Crippen molar-refractivity contribution in [3.63, 3.8) is 0 Å². The molecule has 100 valence electrons. The summed E-state index contributed by atoms with van der Waals surface area (Å²) in [5.41, 5.74) is -0.202. The van der Waals surface area contributed by atoms with E-state index in [1.54, 1.807) is 12.1 Å². The first-order valence-electron chi connectivity index (χ1n) is 6.47. The van der Waals surface area contributed by atoms with Crippen LogP contribution in [-0.2, 0) is 4.79 Å². The van der Waals surface area contributed by atoms with Gasteiger partial charge in [0.1, 0.15) is 17.6 Å². The molecule has 5 heteroatoms. The average molecular weight is 259 g/mol. The maximum atomic E-state index is 11.4. The van der Waals surface area contributed by atoms with Gasteiger partial charge in [0.2, 0.25) is 0 Å². The number of aliphatic carboxylic acids is 1. The highest BCUT2D eigenvalue weighted by atomic mass is 16.4. The third kappa shape index (κ3) is 2.53. The second-order valence-corrected chi connectivity index (χ2v) is 4.92. The normalized spacial score (nSPS) is 17.8. The fourth-order valence-corrected chi connectivity index (χ4v) is 2.54. The predicted octanol–water partition coefficient (Wildman–Crippen LogP) is 2.03. The lowest BCUT2D eigenvalue weighted by Gasteiger charge is -2.38. The van der Waals surface area contributed by atoms with E-state index in [0.717, 1.165) is 5.82 Å². The minimum absolute atomic E-state index is 0.392. The van der Waals surface area contributed by atoms with Crippen LogP contribution in [0.1, 0.15) is 31.9 Å². The Bertz CT molecular complexity index is 514. The number of hydrogen-bond donors (Lipinski definition) is 1. The van der Waals surface area contributed by atoms with Gasteiger partial charge in [-0.2, -0.15) is 5.26 Å². The maximum absolute atomic E-state index is 11.4. The average Bonchev–Trinajstić information content (AvgIpc) is 2.47. The molecule has 2 heterocycles. The first-order valence-corrected chi connectivity index (χ1v) is 6.47. The third-order valence-electron chi connectivity index (χ3n) is 4.02. The number of hydrogen-bond acceptors (Lipinski definition) is 4. The van der Waals surface area contributed by atoms with Crippen LogP contribution >= 0.6 is 0 Å². The molecule has 0 atom stereocenters. The molecule has 1 aliphatic heterocycles. The van der Waals surface area contributed by atoms with Crippen molar-refractivity contribution in [1.29, 1.82) is 5.26 Å². The lowest BCUT2D eigenvalue weighted by Crippen LogP contribution is -2.44. The molecule has 0 aromatic carbocycles. The molecule has 0 radical (unpaired) electrons. The summed E-state index contributed by atoms with van der Waals surface area (Å²) in [6, 6.07) is 7.35. The summed E-state index contributed by atoms with van der Waals surface area (Å²) in [4.78, 5) is 17.7. The maximum Gasteiger partial charge on any atom is 0.309 e. The zero-order valence-electron chi connectivity index (χ0n) is 11.0. The highest BCUT2D eigenvalue weighted by Gasteiger charge is 2.40. The van der Waals surface area contributed by atoms with E-state index in [1.165, 1.54) is 0 Å². The van der Waals surface area contributed by atoms with Crippen LogP contribution in [0.15, 0.2) is 18.2 Å². The van der Waals surface area contributed by atoms with Gasteiger partial charge < -0.3 is 10.0 Å². The number of pyridine rings is 1. The Morgan fingerprint density at radius 3 is 2.74 bits per heavy atom. The number of nitrogens with zero attached hydrogens (tertiary/aromatic N) is 3. The number of nitriles is 1. The van der Waals surface area contributed by atoms with Gasteiger partial charge in [-0.15, -0.1) is 0 Å². The van der Waals surface area contributed by atoms with Crippen LogP contribution in [0.2, 0.25) is 0 Å². The summed E-state index contributed by atoms with van der Waals surface area (Å²) < 4.78 is 0. The van der Waals surface area contributed by atoms with Crippen LogP contribution in [0.25, 0.3) is 0 Å². The fraction of sp³-hybridized carbons (Fsp3) is 0.500. The number of aromatic nitrogens is 1. The zero-order valence-corrected chi connectivity index (χ0v) is 11.0. The van der Waals surface area contributed by atoms with Crippen molar-refractivity contribution in [2.75, 3.05) is 18.0 Å². The molecule has 0 amide bonds. The van der Waals surface area contributed by atoms with E-state index in [0.29, 0.717) is 38.0 Å². The SMILES string of the molecule is CCC1(C(=O)O)CCN(c2cccc(C#N)n2)CC1. The number of rotatable bonds is 3. The lowest BCUT2D eigenvalue weighted by molar-refractivity contribution is -0.150. The third-order valence-corrected chi connectivity index (χ3v) is 4.02. The monoisotopic (exact) mass is 259 g/mol. The second kappa shape index (κ2) is 5.27. The van der Waals surface area contributed by atoms with Crippen molar-refractivity contribution >= 4 is 11.8 Å². The number of carbonyl (C=O) groups is 1. The molecule has 1 N–H and O–H groups in total. The Labute approximate surface area is 112 Å². The standard InChI is InChI=1S/C14H17N3O2/c1-2-14(13(18)19)6-8-17(9-7-14)12-5-3-4-11(10-15)16-12/h3-5H,2,6-9H2,1H3,(H,18,19). The Morgan fingerprint density at radius 2 is 2.21 bits per heavy atom. The zero-order chi connectivity index (χ0) is 13.9. The molecule has 2 rings (SSSR count). The Morgan fingerprint density at radius 1 is 1.53 bits per heavy atom. The molecular formula is C14H17N3O2. The summed E-state index contributed by atoms with van der Waals surface area (Å²) >= 11 is 0. The molecule has 1 saturated heterocycles. The summed E-state index contributed by atoms with van der Waals surface area (Å²) in [6.07, 6.45) is 1.90. The van der Waals surface area contributed by atoms with Gasteiger partial charge in [-0.1, -0.05) is 13.0 Å². The molecule has 0 unspecified atom stereocenters. The van der Waals surface area contributed by atoms with E-state index in [4.69, 9.17) is 5.26 Å². The topological polar surface area (TPSA) is 77.2 Å². The van der Waals surface area contributed by atoms with Crippen LogP contribution in [-0.4, -0.2) is 29.1 Å². The first kappa shape index (κ1) is 13.3. The minimum atomic E-state index is -0.701. The molecule has 19 heavy (non-hydrogen) atoms. The van der Waals surface area contributed by atoms with E-state index in [2.05, 4.69) is 9.88 Å². The van der Waals surface area contributed by atoms with Gasteiger partial charge >= 0.3 is 5.97 Å². The van der Waals surface area contributed by atoms with Gasteiger partial charge in [0.25, 0.3) is 0 Å². The van der Waals surface area contributed by atoms with E-state index < -0.39 is 11.4 Å². The largest absolute Gasteiger partial charge is 0.481 e. The van der Waals surface area contributed by atoms with Gasteiger partial charge in [-0.25, -0.2) is 4.98 Å². The van der Waals surface area contributed by atoms with Crippen molar-refractivity contribution < 1.29 is 9.90 Å². The smallest absolute Gasteiger partial charge is 0.309 e. The fourth-order valence-electron chi connectivity index (χ4n) is 2.54. The van der Waals surface area contributed by atoms with E-state index in [9.17, 15) is 9.90 Å². The van der Waals surface area contributed by atoms with E-state index in [-0.39, 0.29) is 0 Å². The molecule has 0 saturated carbocycles. The van der Waals surface area contributed by atoms with Crippen molar-refractivity contribution in [3.8, 4) is 6.07 Å². The van der Waals surface area contributed by atoms with Crippen molar-refractivity contribution in [3.05, 3.63) is 23.9 Å². The van der Waals surface area contributed by atoms with Crippen molar-refractivity contribution in [2.24, 2.45) is 5.41 Å². The summed E-state index contributed by atoms with van der Waals surface area (Å²) in [5.74, 6) is 0.0579. The van der Waals surface area contributed by atoms with E-state index in [1.807, 2.05) is 19.1 Å². The number of carboxylic acid groups (broad SMARTS) is 1. The highest BCUT2D eigenvalue weighted by Crippen LogP contribution is 2.36. The highest BCUT2D eigenvalue weighted by molar-refractivity contribution is 5.75. The summed E-state index contributed by atoms with van der Waals surface area (Å²) in [5, 5.41) is 18.2.